The molecular formula is C9H14N2S. The Kier molecular flexibility index (Phi) is 3.56. The summed E-state index contributed by atoms with van der Waals surface area (Å²) in [4.78, 5) is 4.27. The van der Waals surface area contributed by atoms with E-state index in [9.17, 15) is 0 Å². The lowest BCUT2D eigenvalue weighted by Gasteiger charge is -2.07. The van der Waals surface area contributed by atoms with Crippen molar-refractivity contribution < 1.29 is 0 Å². The third-order valence-electron chi connectivity index (χ3n) is 1.42. The van der Waals surface area contributed by atoms with Crippen LogP contribution in [0.5, 0.6) is 0 Å². The lowest BCUT2D eigenvalue weighted by atomic mass is 10.3. The van der Waals surface area contributed by atoms with E-state index >= 15 is 0 Å². The molecule has 12 heavy (non-hydrogen) atoms. The molecule has 0 aliphatic rings. The highest BCUT2D eigenvalue weighted by molar-refractivity contribution is 7.99. The number of pyridine rings is 1. The quantitative estimate of drug-likeness (QED) is 0.727. The van der Waals surface area contributed by atoms with Gasteiger partial charge in [0.05, 0.1) is 0 Å². The van der Waals surface area contributed by atoms with E-state index in [1.54, 1.807) is 11.8 Å². The van der Waals surface area contributed by atoms with Crippen molar-refractivity contribution in [1.29, 1.82) is 0 Å². The van der Waals surface area contributed by atoms with Crippen LogP contribution < -0.4 is 5.73 Å². The van der Waals surface area contributed by atoms with Gasteiger partial charge in [-0.05, 0) is 11.6 Å². The second kappa shape index (κ2) is 4.48. The van der Waals surface area contributed by atoms with Gasteiger partial charge in [-0.2, -0.15) is 0 Å². The van der Waals surface area contributed by atoms with E-state index in [0.29, 0.717) is 11.8 Å². The van der Waals surface area contributed by atoms with Crippen LogP contribution in [-0.2, 0) is 6.54 Å². The summed E-state index contributed by atoms with van der Waals surface area (Å²) in [6.07, 6.45) is 1.81. The van der Waals surface area contributed by atoms with Crippen LogP contribution in [0.2, 0.25) is 0 Å². The largest absolute Gasteiger partial charge is 0.326 e. The minimum absolute atomic E-state index is 0.560. The van der Waals surface area contributed by atoms with Crippen molar-refractivity contribution >= 4 is 11.8 Å². The molecule has 0 bridgehead atoms. The minimum atomic E-state index is 0.560. The maximum Gasteiger partial charge on any atom is 0.101 e. The smallest absolute Gasteiger partial charge is 0.101 e. The fraction of sp³-hybridized carbons (Fsp3) is 0.444. The fourth-order valence-corrected chi connectivity index (χ4v) is 1.78. The maximum absolute atomic E-state index is 5.57. The molecule has 0 aromatic carbocycles. The van der Waals surface area contributed by atoms with Crippen molar-refractivity contribution in [3.63, 3.8) is 0 Å². The molecule has 0 fully saturated rings. The van der Waals surface area contributed by atoms with E-state index in [4.69, 9.17) is 5.73 Å². The van der Waals surface area contributed by atoms with Crippen LogP contribution in [0.1, 0.15) is 19.4 Å². The molecule has 0 amide bonds. The van der Waals surface area contributed by atoms with Crippen LogP contribution >= 0.6 is 11.8 Å². The summed E-state index contributed by atoms with van der Waals surface area (Å²) in [5.74, 6) is 0. The zero-order valence-electron chi connectivity index (χ0n) is 7.45. The summed E-state index contributed by atoms with van der Waals surface area (Å²) in [6, 6.07) is 3.95. The van der Waals surface area contributed by atoms with Crippen molar-refractivity contribution in [3.8, 4) is 0 Å². The second-order valence-electron chi connectivity index (χ2n) is 2.84. The van der Waals surface area contributed by atoms with Crippen LogP contribution in [0.15, 0.2) is 23.4 Å². The van der Waals surface area contributed by atoms with E-state index in [2.05, 4.69) is 18.8 Å². The van der Waals surface area contributed by atoms with Gasteiger partial charge in [-0.1, -0.05) is 19.9 Å². The monoisotopic (exact) mass is 182 g/mol. The zero-order valence-corrected chi connectivity index (χ0v) is 8.27. The standard InChI is InChI=1S/C9H14N2S/c1-7(2)12-9-8(6-10)4-3-5-11-9/h3-5,7H,6,10H2,1-2H3. The second-order valence-corrected chi connectivity index (χ2v) is 4.40. The molecule has 1 aromatic rings. The average Bonchev–Trinajstić information content (AvgIpc) is 2.04. The normalized spacial score (nSPS) is 10.7. The van der Waals surface area contributed by atoms with Crippen molar-refractivity contribution in [2.24, 2.45) is 5.73 Å². The molecule has 1 heterocycles. The third-order valence-corrected chi connectivity index (χ3v) is 2.48. The lowest BCUT2D eigenvalue weighted by Crippen LogP contribution is -2.01. The Morgan fingerprint density at radius 3 is 2.92 bits per heavy atom. The molecule has 0 saturated carbocycles. The van der Waals surface area contributed by atoms with E-state index in [0.717, 1.165) is 10.6 Å². The number of nitrogens with two attached hydrogens (primary N) is 1. The Balaban J connectivity index is 2.82. The van der Waals surface area contributed by atoms with Crippen LogP contribution in [0.3, 0.4) is 0 Å². The average molecular weight is 182 g/mol. The van der Waals surface area contributed by atoms with Crippen LogP contribution in [0.25, 0.3) is 0 Å². The van der Waals surface area contributed by atoms with E-state index < -0.39 is 0 Å². The summed E-state index contributed by atoms with van der Waals surface area (Å²) in [7, 11) is 0. The first-order valence-electron chi connectivity index (χ1n) is 4.04. The molecule has 0 unspecified atom stereocenters. The highest BCUT2D eigenvalue weighted by Crippen LogP contribution is 2.23. The first kappa shape index (κ1) is 9.55. The van der Waals surface area contributed by atoms with Gasteiger partial charge in [0, 0.05) is 18.0 Å². The summed E-state index contributed by atoms with van der Waals surface area (Å²) >= 11 is 1.76. The SMILES string of the molecule is CC(C)Sc1ncccc1CN. The minimum Gasteiger partial charge on any atom is -0.326 e. The molecule has 0 radical (unpaired) electrons. The summed E-state index contributed by atoms with van der Waals surface area (Å²) in [5, 5.41) is 1.63. The van der Waals surface area contributed by atoms with Gasteiger partial charge in [0.25, 0.3) is 0 Å². The molecule has 0 saturated heterocycles. The molecule has 66 valence electrons. The Morgan fingerprint density at radius 1 is 1.58 bits per heavy atom. The lowest BCUT2D eigenvalue weighted by molar-refractivity contribution is 0.955. The highest BCUT2D eigenvalue weighted by atomic mass is 32.2. The molecule has 3 heteroatoms. The predicted octanol–water partition coefficient (Wildman–Crippen LogP) is 2.04. The predicted molar refractivity (Wildman–Crippen MR) is 53.1 cm³/mol. The number of rotatable bonds is 3. The van der Waals surface area contributed by atoms with E-state index in [-0.39, 0.29) is 0 Å². The third kappa shape index (κ3) is 2.50. The molecule has 1 rings (SSSR count). The molecule has 0 spiro atoms. The number of nitrogens with zero attached hydrogens (tertiary/aromatic N) is 1. The Bertz CT molecular complexity index is 248. The molecule has 0 aliphatic heterocycles. The number of thioether (sulfide) groups is 1. The summed E-state index contributed by atoms with van der Waals surface area (Å²) < 4.78 is 0. The number of aromatic nitrogens is 1. The van der Waals surface area contributed by atoms with Gasteiger partial charge in [-0.25, -0.2) is 4.98 Å². The Morgan fingerprint density at radius 2 is 2.33 bits per heavy atom. The van der Waals surface area contributed by atoms with Crippen LogP contribution in [0, 0.1) is 0 Å². The molecule has 2 N–H and O–H groups in total. The van der Waals surface area contributed by atoms with Gasteiger partial charge in [-0.3, -0.25) is 0 Å². The zero-order chi connectivity index (χ0) is 8.97. The molecule has 0 aliphatic carbocycles. The topological polar surface area (TPSA) is 38.9 Å². The van der Waals surface area contributed by atoms with Gasteiger partial charge in [-0.15, -0.1) is 11.8 Å². The number of hydrogen-bond donors (Lipinski definition) is 1. The van der Waals surface area contributed by atoms with Gasteiger partial charge in [0.1, 0.15) is 5.03 Å². The van der Waals surface area contributed by atoms with Gasteiger partial charge in [0.2, 0.25) is 0 Å². The van der Waals surface area contributed by atoms with E-state index in [1.165, 1.54) is 0 Å². The van der Waals surface area contributed by atoms with Crippen molar-refractivity contribution in [2.75, 3.05) is 0 Å². The highest BCUT2D eigenvalue weighted by Gasteiger charge is 2.03. The number of hydrogen-bond acceptors (Lipinski definition) is 3. The van der Waals surface area contributed by atoms with Gasteiger partial charge in [0.15, 0.2) is 0 Å². The maximum atomic E-state index is 5.57. The van der Waals surface area contributed by atoms with Crippen molar-refractivity contribution in [2.45, 2.75) is 30.7 Å². The summed E-state index contributed by atoms with van der Waals surface area (Å²) in [6.45, 7) is 4.88. The Labute approximate surface area is 77.6 Å². The molecule has 1 aromatic heterocycles. The van der Waals surface area contributed by atoms with Crippen LogP contribution in [-0.4, -0.2) is 10.2 Å². The van der Waals surface area contributed by atoms with Crippen LogP contribution in [0.4, 0.5) is 0 Å². The van der Waals surface area contributed by atoms with Crippen molar-refractivity contribution in [1.82, 2.24) is 4.98 Å². The van der Waals surface area contributed by atoms with Gasteiger partial charge < -0.3 is 5.73 Å². The molecular weight excluding hydrogens is 168 g/mol. The Hall–Kier alpha value is -0.540. The molecule has 2 nitrogen and oxygen atoms in total. The van der Waals surface area contributed by atoms with Crippen molar-refractivity contribution in [3.05, 3.63) is 23.9 Å². The van der Waals surface area contributed by atoms with Gasteiger partial charge >= 0.3 is 0 Å². The summed E-state index contributed by atoms with van der Waals surface area (Å²) in [5.41, 5.74) is 6.71. The molecule has 0 atom stereocenters. The first-order chi connectivity index (χ1) is 5.74. The fourth-order valence-electron chi connectivity index (χ4n) is 0.909. The first-order valence-corrected chi connectivity index (χ1v) is 4.92. The van der Waals surface area contributed by atoms with E-state index in [1.807, 2.05) is 18.3 Å².